The molecule has 1 N–H and O–H groups in total. The predicted molar refractivity (Wildman–Crippen MR) is 129 cm³/mol. The van der Waals surface area contributed by atoms with Gasteiger partial charge < -0.3 is 4.98 Å². The summed E-state index contributed by atoms with van der Waals surface area (Å²) in [6, 6.07) is 17.9. The van der Waals surface area contributed by atoms with E-state index < -0.39 is 0 Å². The summed E-state index contributed by atoms with van der Waals surface area (Å²) in [6.45, 7) is 2.08. The van der Waals surface area contributed by atoms with Crippen LogP contribution in [-0.2, 0) is 9.59 Å². The number of carbonyl (C=O) groups is 2. The summed E-state index contributed by atoms with van der Waals surface area (Å²) in [4.78, 5) is 45.1. The van der Waals surface area contributed by atoms with Crippen LogP contribution in [0.1, 0.15) is 28.3 Å². The molecule has 7 heteroatoms. The Balaban J connectivity index is 1.34. The van der Waals surface area contributed by atoms with Crippen LogP contribution in [0, 0.1) is 36.5 Å². The highest BCUT2D eigenvalue weighted by atomic mass is 32.2. The van der Waals surface area contributed by atoms with Crippen LogP contribution in [0.2, 0.25) is 0 Å². The molecule has 2 aliphatic heterocycles. The van der Waals surface area contributed by atoms with E-state index >= 15 is 0 Å². The zero-order valence-corrected chi connectivity index (χ0v) is 19.6. The van der Waals surface area contributed by atoms with Crippen LogP contribution in [0.4, 0.5) is 5.69 Å². The van der Waals surface area contributed by atoms with Crippen molar-refractivity contribution >= 4 is 40.6 Å². The van der Waals surface area contributed by atoms with E-state index in [2.05, 4.69) is 36.2 Å². The van der Waals surface area contributed by atoms with Crippen molar-refractivity contribution in [3.8, 4) is 0 Å². The van der Waals surface area contributed by atoms with Gasteiger partial charge in [0, 0.05) is 16.0 Å². The first kappa shape index (κ1) is 19.8. The second-order valence-corrected chi connectivity index (χ2v) is 11.9. The van der Waals surface area contributed by atoms with Crippen LogP contribution < -0.4 is 9.77 Å². The minimum atomic E-state index is -0.255. The number of carbonyl (C=O) groups excluding carboxylic acids is 2. The number of nitrogens with zero attached hydrogens (tertiary/aromatic N) is 1. The minimum absolute atomic E-state index is 0.0282. The lowest BCUT2D eigenvalue weighted by molar-refractivity contribution is -0.123. The Morgan fingerprint density at radius 3 is 2.33 bits per heavy atom. The summed E-state index contributed by atoms with van der Waals surface area (Å²) in [6.07, 6.45) is 0.916. The number of nitrogens with one attached hydrogen (secondary N) is 1. The lowest BCUT2D eigenvalue weighted by atomic mass is 9.68. The molecule has 5 nitrogen and oxygen atoms in total. The van der Waals surface area contributed by atoms with E-state index in [-0.39, 0.29) is 57.4 Å². The van der Waals surface area contributed by atoms with Gasteiger partial charge in [0.15, 0.2) is 0 Å². The Kier molecular flexibility index (Phi) is 4.16. The molecule has 33 heavy (non-hydrogen) atoms. The molecular formula is C26H22N2O3S2. The van der Waals surface area contributed by atoms with E-state index in [1.807, 2.05) is 30.3 Å². The molecule has 4 aliphatic rings. The summed E-state index contributed by atoms with van der Waals surface area (Å²) in [7, 11) is 0. The number of thioether (sulfide) groups is 1. The highest BCUT2D eigenvalue weighted by molar-refractivity contribution is 8.00. The number of aryl methyl sites for hydroxylation is 1. The fraction of sp³-hybridized carbons (Fsp3) is 0.346. The van der Waals surface area contributed by atoms with Crippen molar-refractivity contribution in [2.45, 2.75) is 29.5 Å². The van der Waals surface area contributed by atoms with Gasteiger partial charge in [-0.3, -0.25) is 19.3 Å². The Morgan fingerprint density at radius 2 is 1.61 bits per heavy atom. The number of fused-ring (bicyclic) bond motifs is 9. The molecule has 0 radical (unpaired) electrons. The molecule has 2 bridgehead atoms. The number of thiazole rings is 1. The zero-order chi connectivity index (χ0) is 22.4. The molecule has 2 aromatic carbocycles. The van der Waals surface area contributed by atoms with Gasteiger partial charge >= 0.3 is 4.87 Å². The maximum Gasteiger partial charge on any atom is 0.305 e. The van der Waals surface area contributed by atoms with Gasteiger partial charge in [0.2, 0.25) is 11.8 Å². The third-order valence-electron chi connectivity index (χ3n) is 8.17. The SMILES string of the molecule is Cc1ccc([C@H]2c3sc(=O)[nH]c3S[C@H]3[C@@H]4C[C@@H]([C@H]5C(=O)N(c6ccccc6)C(=O)[C@H]45)[C@@H]23)cc1. The van der Waals surface area contributed by atoms with Crippen LogP contribution in [0.15, 0.2) is 64.4 Å². The van der Waals surface area contributed by atoms with Gasteiger partial charge in [-0.15, -0.1) is 11.8 Å². The first-order valence-electron chi connectivity index (χ1n) is 11.4. The number of rotatable bonds is 2. The smallest absolute Gasteiger partial charge is 0.305 e. The number of aromatic amines is 1. The van der Waals surface area contributed by atoms with Crippen LogP contribution in [0.3, 0.4) is 0 Å². The number of H-pyrrole nitrogens is 1. The summed E-state index contributed by atoms with van der Waals surface area (Å²) in [5.74, 6) is 0.0543. The molecule has 1 saturated heterocycles. The Bertz CT molecular complexity index is 1350. The molecule has 7 rings (SSSR count). The van der Waals surface area contributed by atoms with E-state index in [4.69, 9.17) is 0 Å². The number of benzene rings is 2. The third-order valence-corrected chi connectivity index (χ3v) is 10.8. The molecule has 2 amide bonds. The average molecular weight is 475 g/mol. The molecule has 0 spiro atoms. The monoisotopic (exact) mass is 474 g/mol. The van der Waals surface area contributed by atoms with Crippen molar-refractivity contribution in [1.29, 1.82) is 0 Å². The van der Waals surface area contributed by atoms with Crippen LogP contribution >= 0.6 is 23.1 Å². The number of hydrogen-bond donors (Lipinski definition) is 1. The Morgan fingerprint density at radius 1 is 0.909 bits per heavy atom. The predicted octanol–water partition coefficient (Wildman–Crippen LogP) is 4.42. The van der Waals surface area contributed by atoms with E-state index in [0.717, 1.165) is 16.3 Å². The average Bonchev–Trinajstić information content (AvgIpc) is 3.54. The highest BCUT2D eigenvalue weighted by Gasteiger charge is 2.69. The quantitative estimate of drug-likeness (QED) is 0.558. The molecular weight excluding hydrogens is 452 g/mol. The fourth-order valence-electron chi connectivity index (χ4n) is 7.00. The van der Waals surface area contributed by atoms with Gasteiger partial charge in [0.05, 0.1) is 22.5 Å². The summed E-state index contributed by atoms with van der Waals surface area (Å²) < 4.78 is 0. The van der Waals surface area contributed by atoms with Crippen molar-refractivity contribution in [2.75, 3.05) is 4.90 Å². The number of aromatic nitrogens is 1. The summed E-state index contributed by atoms with van der Waals surface area (Å²) >= 11 is 3.04. The maximum atomic E-state index is 13.6. The zero-order valence-electron chi connectivity index (χ0n) is 17.9. The van der Waals surface area contributed by atoms with Gasteiger partial charge in [-0.1, -0.05) is 59.4 Å². The second kappa shape index (κ2) is 6.93. The van der Waals surface area contributed by atoms with Gasteiger partial charge in [-0.05, 0) is 48.8 Å². The van der Waals surface area contributed by atoms with Crippen molar-refractivity contribution in [2.24, 2.45) is 29.6 Å². The molecule has 166 valence electrons. The molecule has 2 aliphatic carbocycles. The van der Waals surface area contributed by atoms with Crippen LogP contribution in [-0.4, -0.2) is 22.0 Å². The van der Waals surface area contributed by atoms with Crippen molar-refractivity contribution in [1.82, 2.24) is 4.98 Å². The molecule has 3 aromatic rings. The fourth-order valence-corrected chi connectivity index (χ4v) is 9.88. The topological polar surface area (TPSA) is 70.2 Å². The lowest BCUT2D eigenvalue weighted by Gasteiger charge is -2.43. The Hall–Kier alpha value is -2.64. The van der Waals surface area contributed by atoms with E-state index in [1.54, 1.807) is 11.8 Å². The standard InChI is InChI=1S/C26H22N2O3S2/c1-12-7-9-13(10-8-12)17-18-15-11-16(21(18)32-23-22(17)33-26(31)27-23)20-19(15)24(29)28(25(20)30)14-5-3-2-4-6-14/h2-10,15-21H,11H2,1H3,(H,27,31)/t15-,16-,17-,18+,19-,20-,21+/m1/s1. The van der Waals surface area contributed by atoms with Crippen molar-refractivity contribution < 1.29 is 9.59 Å². The minimum Gasteiger partial charge on any atom is -0.307 e. The number of hydrogen-bond acceptors (Lipinski definition) is 5. The van der Waals surface area contributed by atoms with Gasteiger partial charge in [-0.25, -0.2) is 0 Å². The van der Waals surface area contributed by atoms with Gasteiger partial charge in [0.1, 0.15) is 0 Å². The molecule has 1 aromatic heterocycles. The Labute approximate surface area is 199 Å². The molecule has 3 fully saturated rings. The molecule has 0 unspecified atom stereocenters. The van der Waals surface area contributed by atoms with Gasteiger partial charge in [-0.2, -0.15) is 0 Å². The van der Waals surface area contributed by atoms with E-state index in [9.17, 15) is 14.4 Å². The lowest BCUT2D eigenvalue weighted by Crippen LogP contribution is -2.42. The number of amides is 2. The van der Waals surface area contributed by atoms with Crippen LogP contribution in [0.25, 0.3) is 0 Å². The number of para-hydroxylation sites is 1. The largest absolute Gasteiger partial charge is 0.307 e. The van der Waals surface area contributed by atoms with E-state index in [1.165, 1.54) is 27.4 Å². The summed E-state index contributed by atoms with van der Waals surface area (Å²) in [5, 5.41) is 1.19. The first-order valence-corrected chi connectivity index (χ1v) is 13.1. The molecule has 3 heterocycles. The van der Waals surface area contributed by atoms with E-state index in [0.29, 0.717) is 5.69 Å². The number of imide groups is 1. The highest BCUT2D eigenvalue weighted by Crippen LogP contribution is 2.68. The van der Waals surface area contributed by atoms with Crippen LogP contribution in [0.5, 0.6) is 0 Å². The van der Waals surface area contributed by atoms with Crippen molar-refractivity contribution in [3.05, 3.63) is 80.3 Å². The summed E-state index contributed by atoms with van der Waals surface area (Å²) in [5.41, 5.74) is 3.08. The normalized spacial score (nSPS) is 33.8. The van der Waals surface area contributed by atoms with Crippen molar-refractivity contribution in [3.63, 3.8) is 0 Å². The number of anilines is 1. The molecule has 2 saturated carbocycles. The second-order valence-electron chi connectivity index (χ2n) is 9.72. The maximum absolute atomic E-state index is 13.6. The first-order chi connectivity index (χ1) is 16.0. The molecule has 7 atom stereocenters. The third kappa shape index (κ3) is 2.63. The van der Waals surface area contributed by atoms with Gasteiger partial charge in [0.25, 0.3) is 0 Å².